The first-order chi connectivity index (χ1) is 11.9. The Bertz CT molecular complexity index is 612. The van der Waals surface area contributed by atoms with Gasteiger partial charge in [0.25, 0.3) is 0 Å². The molecule has 7 heteroatoms. The summed E-state index contributed by atoms with van der Waals surface area (Å²) in [5.74, 6) is 0. The molecule has 3 rings (SSSR count). The van der Waals surface area contributed by atoms with Crippen LogP contribution in [0, 0.1) is 0 Å². The number of thioether (sulfide) groups is 1. The van der Waals surface area contributed by atoms with Gasteiger partial charge in [0.15, 0.2) is 5.17 Å². The Labute approximate surface area is 152 Å². The molecular formula is C18H26N2O4S. The molecule has 0 radical (unpaired) electrons. The van der Waals surface area contributed by atoms with E-state index in [4.69, 9.17) is 9.47 Å². The van der Waals surface area contributed by atoms with Crippen LogP contribution in [0.2, 0.25) is 0 Å². The second kappa shape index (κ2) is 7.63. The third kappa shape index (κ3) is 3.85. The lowest BCUT2D eigenvalue weighted by Gasteiger charge is -2.41. The monoisotopic (exact) mass is 366 g/mol. The van der Waals surface area contributed by atoms with Gasteiger partial charge in [0.2, 0.25) is 0 Å². The zero-order valence-corrected chi connectivity index (χ0v) is 15.8. The van der Waals surface area contributed by atoms with Crippen molar-refractivity contribution in [3.63, 3.8) is 0 Å². The van der Waals surface area contributed by atoms with Crippen molar-refractivity contribution < 1.29 is 19.7 Å². The van der Waals surface area contributed by atoms with Gasteiger partial charge in [-0.1, -0.05) is 42.1 Å². The Kier molecular flexibility index (Phi) is 5.70. The van der Waals surface area contributed by atoms with Crippen LogP contribution in [0.15, 0.2) is 35.3 Å². The molecule has 0 bridgehead atoms. The van der Waals surface area contributed by atoms with E-state index in [2.05, 4.69) is 4.99 Å². The first kappa shape index (κ1) is 18.7. The van der Waals surface area contributed by atoms with Crippen molar-refractivity contribution in [3.8, 4) is 0 Å². The van der Waals surface area contributed by atoms with Gasteiger partial charge in [-0.15, -0.1) is 0 Å². The highest BCUT2D eigenvalue weighted by molar-refractivity contribution is 8.14. The lowest BCUT2D eigenvalue weighted by Crippen LogP contribution is -2.58. The number of aliphatic hydroxyl groups excluding tert-OH is 2. The predicted octanol–water partition coefficient (Wildman–Crippen LogP) is 1.63. The van der Waals surface area contributed by atoms with Crippen LogP contribution in [-0.2, 0) is 9.47 Å². The van der Waals surface area contributed by atoms with Crippen molar-refractivity contribution in [2.45, 2.75) is 55.8 Å². The average molecular weight is 366 g/mol. The lowest BCUT2D eigenvalue weighted by atomic mass is 9.95. The van der Waals surface area contributed by atoms with E-state index >= 15 is 0 Å². The van der Waals surface area contributed by atoms with E-state index in [1.807, 2.05) is 63.2 Å². The fourth-order valence-corrected chi connectivity index (χ4v) is 4.33. The van der Waals surface area contributed by atoms with Gasteiger partial charge in [0, 0.05) is 14.1 Å². The number of rotatable bonds is 4. The van der Waals surface area contributed by atoms with Crippen molar-refractivity contribution in [2.75, 3.05) is 14.1 Å². The van der Waals surface area contributed by atoms with Gasteiger partial charge in [-0.25, -0.2) is 0 Å². The molecule has 1 aromatic carbocycles. The number of fused-ring (bicyclic) bond motifs is 1. The molecule has 0 spiro atoms. The van der Waals surface area contributed by atoms with Gasteiger partial charge in [0.1, 0.15) is 29.8 Å². The average Bonchev–Trinajstić information content (AvgIpc) is 3.03. The number of hydrogen-bond acceptors (Lipinski definition) is 7. The number of amidine groups is 1. The molecule has 2 N–H and O–H groups in total. The van der Waals surface area contributed by atoms with Crippen LogP contribution in [0.4, 0.5) is 0 Å². The third-order valence-electron chi connectivity index (χ3n) is 4.62. The van der Waals surface area contributed by atoms with Gasteiger partial charge >= 0.3 is 0 Å². The molecule has 0 saturated carbocycles. The minimum atomic E-state index is -1.04. The van der Waals surface area contributed by atoms with Gasteiger partial charge in [-0.2, -0.15) is 0 Å². The molecule has 7 atom stereocenters. The maximum atomic E-state index is 10.5. The molecule has 0 aliphatic carbocycles. The van der Waals surface area contributed by atoms with E-state index in [-0.39, 0.29) is 17.6 Å². The van der Waals surface area contributed by atoms with Crippen LogP contribution >= 0.6 is 11.8 Å². The van der Waals surface area contributed by atoms with Crippen LogP contribution in [0.5, 0.6) is 0 Å². The second-order valence-corrected chi connectivity index (χ2v) is 7.82. The molecule has 1 saturated heterocycles. The second-order valence-electron chi connectivity index (χ2n) is 6.76. The summed E-state index contributed by atoms with van der Waals surface area (Å²) in [5, 5.41) is 21.8. The topological polar surface area (TPSA) is 74.5 Å². The van der Waals surface area contributed by atoms with Gasteiger partial charge < -0.3 is 24.6 Å². The first-order valence-electron chi connectivity index (χ1n) is 8.52. The Morgan fingerprint density at radius 3 is 2.48 bits per heavy atom. The highest BCUT2D eigenvalue weighted by Crippen LogP contribution is 2.38. The molecule has 138 valence electrons. The summed E-state index contributed by atoms with van der Waals surface area (Å²) in [6.07, 6.45) is -3.11. The fourth-order valence-electron chi connectivity index (χ4n) is 3.18. The zero-order chi connectivity index (χ0) is 18.1. The molecule has 0 amide bonds. The van der Waals surface area contributed by atoms with E-state index < -0.39 is 24.4 Å². The van der Waals surface area contributed by atoms with Gasteiger partial charge in [-0.3, -0.25) is 4.99 Å². The SMILES string of the molecule is C[C@H](O[C@@H](C)[C@H]1O[C@@H]2SC(N(C)C)=N[C@@H]2[C@@H](O)[C@@H]1O)c1ccccc1. The molecule has 1 fully saturated rings. The molecule has 25 heavy (non-hydrogen) atoms. The number of hydrogen-bond donors (Lipinski definition) is 2. The minimum Gasteiger partial charge on any atom is -0.388 e. The van der Waals surface area contributed by atoms with E-state index in [9.17, 15) is 10.2 Å². The summed E-state index contributed by atoms with van der Waals surface area (Å²) < 4.78 is 12.1. The number of aliphatic imine (C=N–C) groups is 1. The molecule has 2 aliphatic heterocycles. The maximum Gasteiger partial charge on any atom is 0.161 e. The van der Waals surface area contributed by atoms with Crippen LogP contribution in [0.3, 0.4) is 0 Å². The van der Waals surface area contributed by atoms with Crippen molar-refractivity contribution in [1.82, 2.24) is 4.90 Å². The predicted molar refractivity (Wildman–Crippen MR) is 98.6 cm³/mol. The molecular weight excluding hydrogens is 340 g/mol. The van der Waals surface area contributed by atoms with Crippen LogP contribution in [-0.4, -0.2) is 70.3 Å². The van der Waals surface area contributed by atoms with Crippen molar-refractivity contribution >= 4 is 16.9 Å². The highest BCUT2D eigenvalue weighted by atomic mass is 32.2. The molecule has 1 aromatic rings. The Morgan fingerprint density at radius 1 is 1.16 bits per heavy atom. The Hall–Kier alpha value is -1.12. The summed E-state index contributed by atoms with van der Waals surface area (Å²) in [6, 6.07) is 9.45. The largest absolute Gasteiger partial charge is 0.388 e. The van der Waals surface area contributed by atoms with E-state index in [1.165, 1.54) is 11.8 Å². The number of aliphatic hydroxyl groups is 2. The van der Waals surface area contributed by atoms with Crippen molar-refractivity contribution in [2.24, 2.45) is 4.99 Å². The molecule has 6 nitrogen and oxygen atoms in total. The summed E-state index contributed by atoms with van der Waals surface area (Å²) in [5.41, 5.74) is 0.755. The number of ether oxygens (including phenoxy) is 2. The van der Waals surface area contributed by atoms with Crippen molar-refractivity contribution in [1.29, 1.82) is 0 Å². The first-order valence-corrected chi connectivity index (χ1v) is 9.40. The van der Waals surface area contributed by atoms with Gasteiger partial charge in [-0.05, 0) is 19.4 Å². The number of nitrogens with zero attached hydrogens (tertiary/aromatic N) is 2. The zero-order valence-electron chi connectivity index (χ0n) is 14.9. The molecule has 0 aromatic heterocycles. The van der Waals surface area contributed by atoms with E-state index in [1.54, 1.807) is 0 Å². The van der Waals surface area contributed by atoms with Crippen LogP contribution < -0.4 is 0 Å². The van der Waals surface area contributed by atoms with E-state index in [0.717, 1.165) is 10.7 Å². The normalized spacial score (nSPS) is 34.2. The Morgan fingerprint density at radius 2 is 1.84 bits per heavy atom. The summed E-state index contributed by atoms with van der Waals surface area (Å²) in [6.45, 7) is 3.84. The smallest absolute Gasteiger partial charge is 0.161 e. The summed E-state index contributed by atoms with van der Waals surface area (Å²) >= 11 is 1.47. The maximum absolute atomic E-state index is 10.5. The molecule has 2 heterocycles. The van der Waals surface area contributed by atoms with Crippen LogP contribution in [0.1, 0.15) is 25.5 Å². The standard InChI is InChI=1S/C18H26N2O4S/c1-10(12-8-6-5-7-9-12)23-11(2)16-15(22)14(21)13-17(24-16)25-18(19-13)20(3)4/h5-11,13-17,21-22H,1-4H3/t10-,11-,13+,14+,15-,16+,17+/m0/s1. The lowest BCUT2D eigenvalue weighted by molar-refractivity contribution is -0.198. The number of benzene rings is 1. The minimum absolute atomic E-state index is 0.133. The summed E-state index contributed by atoms with van der Waals surface area (Å²) in [7, 11) is 3.80. The van der Waals surface area contributed by atoms with Crippen LogP contribution in [0.25, 0.3) is 0 Å². The fraction of sp³-hybridized carbons (Fsp3) is 0.611. The summed E-state index contributed by atoms with van der Waals surface area (Å²) in [4.78, 5) is 6.36. The highest BCUT2D eigenvalue weighted by Gasteiger charge is 2.50. The van der Waals surface area contributed by atoms with Crippen molar-refractivity contribution in [3.05, 3.63) is 35.9 Å². The Balaban J connectivity index is 1.67. The van der Waals surface area contributed by atoms with Gasteiger partial charge in [0.05, 0.1) is 12.2 Å². The molecule has 2 aliphatic rings. The third-order valence-corrected chi connectivity index (χ3v) is 5.92. The molecule has 0 unspecified atom stereocenters. The van der Waals surface area contributed by atoms with E-state index in [0.29, 0.717) is 0 Å². The quantitative estimate of drug-likeness (QED) is 0.844.